The van der Waals surface area contributed by atoms with Crippen LogP contribution in [0.2, 0.25) is 0 Å². The zero-order valence-corrected chi connectivity index (χ0v) is 20.6. The van der Waals surface area contributed by atoms with E-state index in [1.807, 2.05) is 49.3 Å². The van der Waals surface area contributed by atoms with Gasteiger partial charge in [0.25, 0.3) is 0 Å². The van der Waals surface area contributed by atoms with Crippen molar-refractivity contribution in [1.82, 2.24) is 20.3 Å². The van der Waals surface area contributed by atoms with Crippen LogP contribution in [0.3, 0.4) is 0 Å². The summed E-state index contributed by atoms with van der Waals surface area (Å²) in [7, 11) is 4.02. The van der Waals surface area contributed by atoms with E-state index >= 15 is 0 Å². The number of hydrogen-bond acceptors (Lipinski definition) is 5. The largest absolute Gasteiger partial charge is 0.362 e. The number of aromatic amines is 1. The highest BCUT2D eigenvalue weighted by Gasteiger charge is 2.22. The zero-order chi connectivity index (χ0) is 24.2. The molecule has 0 aliphatic heterocycles. The molecule has 1 amide bonds. The topological polar surface area (TPSA) is 85.9 Å². The Morgan fingerprint density at radius 2 is 1.80 bits per heavy atom. The van der Waals surface area contributed by atoms with Gasteiger partial charge in [-0.15, -0.1) is 0 Å². The number of carbonyl (C=O) groups is 1. The van der Waals surface area contributed by atoms with Crippen LogP contribution in [-0.4, -0.2) is 47.5 Å². The number of amides is 1. The van der Waals surface area contributed by atoms with Gasteiger partial charge in [0.05, 0.1) is 5.52 Å². The molecule has 182 valence electrons. The van der Waals surface area contributed by atoms with E-state index in [9.17, 15) is 4.79 Å². The van der Waals surface area contributed by atoms with Gasteiger partial charge in [0.2, 0.25) is 11.9 Å². The van der Waals surface area contributed by atoms with Crippen molar-refractivity contribution >= 4 is 39.5 Å². The highest BCUT2D eigenvalue weighted by Crippen LogP contribution is 2.28. The molecule has 4 aromatic rings. The Morgan fingerprint density at radius 3 is 2.60 bits per heavy atom. The molecule has 7 nitrogen and oxygen atoms in total. The van der Waals surface area contributed by atoms with Gasteiger partial charge in [-0.05, 0) is 67.7 Å². The molecule has 5 rings (SSSR count). The molecule has 1 aliphatic carbocycles. The van der Waals surface area contributed by atoms with Crippen LogP contribution >= 0.6 is 0 Å². The number of fused-ring (bicyclic) bond motifs is 2. The molecule has 0 unspecified atom stereocenters. The molecule has 0 bridgehead atoms. The third-order valence-corrected chi connectivity index (χ3v) is 6.98. The van der Waals surface area contributed by atoms with E-state index in [0.717, 1.165) is 66.6 Å². The number of H-pyrrole nitrogens is 1. The Kier molecular flexibility index (Phi) is 6.84. The van der Waals surface area contributed by atoms with Crippen LogP contribution in [0, 0.1) is 5.92 Å². The molecule has 3 N–H and O–H groups in total. The molecular formula is C28H34N6O. The fraction of sp³-hybridized carbons (Fsp3) is 0.393. The van der Waals surface area contributed by atoms with E-state index in [1.54, 1.807) is 0 Å². The standard InChI is InChI=1S/C28H34N6O/c1-34(2)27-23-8-4-6-10-25(23)32-28(33-27)31-21-13-11-19(12-14-21)18-29-26(35)16-15-22-17-20-7-3-5-9-24(20)30-22/h3-10,17,19,21,30H,11-16,18H2,1-2H3,(H,29,35)(H,31,32,33)/t19-,21+. The summed E-state index contributed by atoms with van der Waals surface area (Å²) in [5.74, 6) is 2.28. The second kappa shape index (κ2) is 10.3. The van der Waals surface area contributed by atoms with E-state index in [2.05, 4.69) is 39.9 Å². The molecule has 2 aromatic carbocycles. The first kappa shape index (κ1) is 23.1. The van der Waals surface area contributed by atoms with Crippen LogP contribution in [0.15, 0.2) is 54.6 Å². The third kappa shape index (κ3) is 5.56. The van der Waals surface area contributed by atoms with E-state index < -0.39 is 0 Å². The van der Waals surface area contributed by atoms with Gasteiger partial charge in [-0.25, -0.2) is 4.98 Å². The van der Waals surface area contributed by atoms with Gasteiger partial charge >= 0.3 is 0 Å². The summed E-state index contributed by atoms with van der Waals surface area (Å²) < 4.78 is 0. The number of rotatable bonds is 8. The molecule has 7 heteroatoms. The van der Waals surface area contributed by atoms with E-state index in [4.69, 9.17) is 9.97 Å². The first-order valence-corrected chi connectivity index (χ1v) is 12.6. The van der Waals surface area contributed by atoms with Crippen molar-refractivity contribution in [2.24, 2.45) is 5.92 Å². The number of anilines is 2. The number of benzene rings is 2. The van der Waals surface area contributed by atoms with Gasteiger partial charge < -0.3 is 20.5 Å². The Balaban J connectivity index is 1.08. The first-order chi connectivity index (χ1) is 17.0. The van der Waals surface area contributed by atoms with Gasteiger partial charge in [0.15, 0.2) is 0 Å². The Hall–Kier alpha value is -3.61. The highest BCUT2D eigenvalue weighted by atomic mass is 16.1. The zero-order valence-electron chi connectivity index (χ0n) is 20.6. The lowest BCUT2D eigenvalue weighted by atomic mass is 9.86. The van der Waals surface area contributed by atoms with Crippen molar-refractivity contribution in [3.63, 3.8) is 0 Å². The number of carbonyl (C=O) groups excluding carboxylic acids is 1. The second-order valence-electron chi connectivity index (χ2n) is 9.83. The number of aryl methyl sites for hydroxylation is 1. The minimum absolute atomic E-state index is 0.129. The van der Waals surface area contributed by atoms with Gasteiger partial charge in [-0.1, -0.05) is 30.3 Å². The number of para-hydroxylation sites is 2. The monoisotopic (exact) mass is 470 g/mol. The lowest BCUT2D eigenvalue weighted by molar-refractivity contribution is -0.121. The molecule has 35 heavy (non-hydrogen) atoms. The maximum atomic E-state index is 12.4. The molecule has 0 saturated heterocycles. The molecule has 0 atom stereocenters. The van der Waals surface area contributed by atoms with Crippen molar-refractivity contribution in [3.05, 3.63) is 60.3 Å². The summed E-state index contributed by atoms with van der Waals surface area (Å²) in [5, 5.41) is 8.98. The first-order valence-electron chi connectivity index (χ1n) is 12.6. The summed E-state index contributed by atoms with van der Waals surface area (Å²) in [6, 6.07) is 18.8. The number of hydrogen-bond donors (Lipinski definition) is 3. The normalized spacial score (nSPS) is 18.0. The quantitative estimate of drug-likeness (QED) is 0.341. The van der Waals surface area contributed by atoms with Crippen molar-refractivity contribution < 1.29 is 4.79 Å². The van der Waals surface area contributed by atoms with Crippen LogP contribution < -0.4 is 15.5 Å². The molecule has 1 saturated carbocycles. The SMILES string of the molecule is CN(C)c1nc(N[C@H]2CC[C@@H](CNC(=O)CCc3cc4ccccc4[nH]3)CC2)nc2ccccc12. The third-order valence-electron chi connectivity index (χ3n) is 6.98. The average Bonchev–Trinajstić information content (AvgIpc) is 3.29. The molecular weight excluding hydrogens is 436 g/mol. The predicted molar refractivity (Wildman–Crippen MR) is 143 cm³/mol. The number of aromatic nitrogens is 3. The van der Waals surface area contributed by atoms with E-state index in [0.29, 0.717) is 24.3 Å². The van der Waals surface area contributed by atoms with Crippen LogP contribution in [0.4, 0.5) is 11.8 Å². The Morgan fingerprint density at radius 1 is 1.03 bits per heavy atom. The highest BCUT2D eigenvalue weighted by molar-refractivity contribution is 5.90. The van der Waals surface area contributed by atoms with E-state index in [-0.39, 0.29) is 5.91 Å². The Bertz CT molecular complexity index is 1270. The van der Waals surface area contributed by atoms with Crippen LogP contribution in [0.5, 0.6) is 0 Å². The molecule has 1 aliphatic rings. The van der Waals surface area contributed by atoms with Gasteiger partial charge in [0.1, 0.15) is 5.82 Å². The van der Waals surface area contributed by atoms with Gasteiger partial charge in [0, 0.05) is 49.7 Å². The van der Waals surface area contributed by atoms with Crippen LogP contribution in [-0.2, 0) is 11.2 Å². The fourth-order valence-corrected chi connectivity index (χ4v) is 5.02. The summed E-state index contributed by atoms with van der Waals surface area (Å²) in [6.45, 7) is 0.759. The van der Waals surface area contributed by atoms with Crippen molar-refractivity contribution in [3.8, 4) is 0 Å². The second-order valence-corrected chi connectivity index (χ2v) is 9.83. The summed E-state index contributed by atoms with van der Waals surface area (Å²) in [4.78, 5) is 27.4. The van der Waals surface area contributed by atoms with E-state index in [1.165, 1.54) is 5.39 Å². The average molecular weight is 471 g/mol. The van der Waals surface area contributed by atoms with Crippen LogP contribution in [0.25, 0.3) is 21.8 Å². The lowest BCUT2D eigenvalue weighted by Gasteiger charge is -2.29. The minimum atomic E-state index is 0.129. The summed E-state index contributed by atoms with van der Waals surface area (Å²) in [6.07, 6.45) is 5.55. The number of nitrogens with zero attached hydrogens (tertiary/aromatic N) is 3. The lowest BCUT2D eigenvalue weighted by Crippen LogP contribution is -2.34. The predicted octanol–water partition coefficient (Wildman–Crippen LogP) is 4.90. The molecule has 1 fully saturated rings. The summed E-state index contributed by atoms with van der Waals surface area (Å²) in [5.41, 5.74) is 3.19. The van der Waals surface area contributed by atoms with Gasteiger partial charge in [-0.2, -0.15) is 4.98 Å². The molecule has 2 heterocycles. The number of nitrogens with one attached hydrogen (secondary N) is 3. The van der Waals surface area contributed by atoms with Crippen molar-refractivity contribution in [2.75, 3.05) is 30.9 Å². The Labute approximate surface area is 206 Å². The van der Waals surface area contributed by atoms with Gasteiger partial charge in [-0.3, -0.25) is 4.79 Å². The molecule has 2 aromatic heterocycles. The smallest absolute Gasteiger partial charge is 0.225 e. The van der Waals surface area contributed by atoms with Crippen molar-refractivity contribution in [2.45, 2.75) is 44.6 Å². The molecule has 0 spiro atoms. The minimum Gasteiger partial charge on any atom is -0.362 e. The van der Waals surface area contributed by atoms with Crippen LogP contribution in [0.1, 0.15) is 37.8 Å². The summed E-state index contributed by atoms with van der Waals surface area (Å²) >= 11 is 0. The maximum Gasteiger partial charge on any atom is 0.225 e. The maximum absolute atomic E-state index is 12.4. The fourth-order valence-electron chi connectivity index (χ4n) is 5.02. The van der Waals surface area contributed by atoms with Crippen molar-refractivity contribution in [1.29, 1.82) is 0 Å². The molecule has 0 radical (unpaired) electrons.